The number of rotatable bonds is 2. The van der Waals surface area contributed by atoms with Gasteiger partial charge in [-0.3, -0.25) is 0 Å². The first kappa shape index (κ1) is 12.6. The number of halogens is 2. The van der Waals surface area contributed by atoms with Crippen LogP contribution in [0.25, 0.3) is 0 Å². The van der Waals surface area contributed by atoms with E-state index in [0.29, 0.717) is 5.02 Å². The van der Waals surface area contributed by atoms with Crippen LogP contribution in [0.5, 0.6) is 0 Å². The maximum atomic E-state index is 10.3. The number of aryl methyl sites for hydroxylation is 1. The molecule has 0 aromatic heterocycles. The van der Waals surface area contributed by atoms with E-state index in [2.05, 4.69) is 15.9 Å². The van der Waals surface area contributed by atoms with E-state index in [9.17, 15) is 5.11 Å². The number of benzene rings is 2. The van der Waals surface area contributed by atoms with E-state index >= 15 is 0 Å². The molecule has 2 rings (SSSR count). The van der Waals surface area contributed by atoms with E-state index in [-0.39, 0.29) is 0 Å². The summed E-state index contributed by atoms with van der Waals surface area (Å²) >= 11 is 9.28. The van der Waals surface area contributed by atoms with Crippen LogP contribution in [0, 0.1) is 6.92 Å². The Morgan fingerprint density at radius 3 is 2.35 bits per heavy atom. The molecule has 88 valence electrons. The highest BCUT2D eigenvalue weighted by Gasteiger charge is 2.12. The fourth-order valence-electron chi connectivity index (χ4n) is 1.77. The second kappa shape index (κ2) is 5.21. The van der Waals surface area contributed by atoms with Crippen molar-refractivity contribution in [3.8, 4) is 0 Å². The van der Waals surface area contributed by atoms with Crippen LogP contribution < -0.4 is 0 Å². The van der Waals surface area contributed by atoms with Gasteiger partial charge in [-0.2, -0.15) is 0 Å². The second-order valence-corrected chi connectivity index (χ2v) is 5.31. The van der Waals surface area contributed by atoms with Gasteiger partial charge in [0.2, 0.25) is 0 Å². The van der Waals surface area contributed by atoms with E-state index in [1.165, 1.54) is 0 Å². The molecule has 0 aliphatic carbocycles. The number of aliphatic hydroxyl groups excluding tert-OH is 1. The van der Waals surface area contributed by atoms with E-state index in [0.717, 1.165) is 21.2 Å². The van der Waals surface area contributed by atoms with Crippen LogP contribution in [-0.2, 0) is 0 Å². The normalized spacial score (nSPS) is 12.5. The lowest BCUT2D eigenvalue weighted by atomic mass is 9.98. The largest absolute Gasteiger partial charge is 0.384 e. The van der Waals surface area contributed by atoms with E-state index in [4.69, 9.17) is 11.6 Å². The standard InChI is InChI=1S/C14H12BrClO/c1-9-8-12(16)6-7-13(9)14(17)10-2-4-11(15)5-3-10/h2-8,14,17H,1H3/t14-/m0/s1. The van der Waals surface area contributed by atoms with Crippen molar-refractivity contribution in [1.29, 1.82) is 0 Å². The van der Waals surface area contributed by atoms with Gasteiger partial charge in [0.15, 0.2) is 0 Å². The minimum atomic E-state index is -0.611. The Morgan fingerprint density at radius 1 is 1.12 bits per heavy atom. The predicted molar refractivity (Wildman–Crippen MR) is 74.4 cm³/mol. The molecule has 0 saturated carbocycles. The SMILES string of the molecule is Cc1cc(Cl)ccc1[C@@H](O)c1ccc(Br)cc1. The zero-order chi connectivity index (χ0) is 12.4. The minimum absolute atomic E-state index is 0.611. The third-order valence-corrected chi connectivity index (χ3v) is 3.48. The van der Waals surface area contributed by atoms with Crippen molar-refractivity contribution in [2.45, 2.75) is 13.0 Å². The molecule has 3 heteroatoms. The fourth-order valence-corrected chi connectivity index (χ4v) is 2.26. The smallest absolute Gasteiger partial charge is 0.104 e. The van der Waals surface area contributed by atoms with Crippen LogP contribution in [0.1, 0.15) is 22.8 Å². The zero-order valence-electron chi connectivity index (χ0n) is 9.32. The van der Waals surface area contributed by atoms with Crippen molar-refractivity contribution in [2.75, 3.05) is 0 Å². The van der Waals surface area contributed by atoms with E-state index in [1.807, 2.05) is 43.3 Å². The molecule has 0 amide bonds. The summed E-state index contributed by atoms with van der Waals surface area (Å²) < 4.78 is 1.00. The topological polar surface area (TPSA) is 20.2 Å². The van der Waals surface area contributed by atoms with Gasteiger partial charge in [0.25, 0.3) is 0 Å². The maximum Gasteiger partial charge on any atom is 0.104 e. The van der Waals surface area contributed by atoms with Gasteiger partial charge in [0.05, 0.1) is 0 Å². The molecule has 0 radical (unpaired) electrons. The summed E-state index contributed by atoms with van der Waals surface area (Å²) in [7, 11) is 0. The van der Waals surface area contributed by atoms with Crippen LogP contribution in [0.3, 0.4) is 0 Å². The summed E-state index contributed by atoms with van der Waals surface area (Å²) in [4.78, 5) is 0. The van der Waals surface area contributed by atoms with Gasteiger partial charge in [-0.25, -0.2) is 0 Å². The highest BCUT2D eigenvalue weighted by Crippen LogP contribution is 2.27. The fraction of sp³-hybridized carbons (Fsp3) is 0.143. The lowest BCUT2D eigenvalue weighted by molar-refractivity contribution is 0.219. The Balaban J connectivity index is 2.36. The summed E-state index contributed by atoms with van der Waals surface area (Å²) in [6.45, 7) is 1.95. The van der Waals surface area contributed by atoms with Crippen molar-refractivity contribution in [3.63, 3.8) is 0 Å². The van der Waals surface area contributed by atoms with Crippen molar-refractivity contribution in [2.24, 2.45) is 0 Å². The van der Waals surface area contributed by atoms with Gasteiger partial charge in [-0.15, -0.1) is 0 Å². The molecule has 0 aliphatic rings. The lowest BCUT2D eigenvalue weighted by Crippen LogP contribution is -2.01. The van der Waals surface area contributed by atoms with Gasteiger partial charge in [-0.1, -0.05) is 45.7 Å². The molecular formula is C14H12BrClO. The zero-order valence-corrected chi connectivity index (χ0v) is 11.7. The first-order valence-corrected chi connectivity index (χ1v) is 6.44. The van der Waals surface area contributed by atoms with Crippen LogP contribution in [0.4, 0.5) is 0 Å². The molecule has 1 atom stereocenters. The Hall–Kier alpha value is -0.830. The van der Waals surface area contributed by atoms with Crippen molar-refractivity contribution in [1.82, 2.24) is 0 Å². The van der Waals surface area contributed by atoms with Gasteiger partial charge in [0.1, 0.15) is 6.10 Å². The van der Waals surface area contributed by atoms with Crippen LogP contribution in [0.2, 0.25) is 5.02 Å². The Bertz CT molecular complexity index is 522. The number of hydrogen-bond donors (Lipinski definition) is 1. The molecule has 1 nitrogen and oxygen atoms in total. The second-order valence-electron chi connectivity index (χ2n) is 3.95. The molecule has 0 unspecified atom stereocenters. The molecule has 1 N–H and O–H groups in total. The minimum Gasteiger partial charge on any atom is -0.384 e. The van der Waals surface area contributed by atoms with E-state index < -0.39 is 6.10 Å². The molecular weight excluding hydrogens is 300 g/mol. The molecule has 2 aromatic rings. The summed E-state index contributed by atoms with van der Waals surface area (Å²) in [6.07, 6.45) is -0.611. The van der Waals surface area contributed by atoms with Crippen LogP contribution in [0.15, 0.2) is 46.9 Å². The first-order valence-electron chi connectivity index (χ1n) is 5.27. The van der Waals surface area contributed by atoms with Crippen molar-refractivity contribution in [3.05, 3.63) is 68.7 Å². The average molecular weight is 312 g/mol. The van der Waals surface area contributed by atoms with Gasteiger partial charge in [0, 0.05) is 9.50 Å². The van der Waals surface area contributed by atoms with Crippen LogP contribution in [-0.4, -0.2) is 5.11 Å². The lowest BCUT2D eigenvalue weighted by Gasteiger charge is -2.14. The molecule has 0 heterocycles. The molecule has 2 aromatic carbocycles. The Kier molecular flexibility index (Phi) is 3.87. The average Bonchev–Trinajstić information content (AvgIpc) is 2.29. The van der Waals surface area contributed by atoms with Gasteiger partial charge in [-0.05, 0) is 47.9 Å². The maximum absolute atomic E-state index is 10.3. The molecule has 17 heavy (non-hydrogen) atoms. The van der Waals surface area contributed by atoms with Gasteiger partial charge < -0.3 is 5.11 Å². The molecule has 0 spiro atoms. The summed E-state index contributed by atoms with van der Waals surface area (Å²) in [6, 6.07) is 13.2. The highest BCUT2D eigenvalue weighted by molar-refractivity contribution is 9.10. The highest BCUT2D eigenvalue weighted by atomic mass is 79.9. The quantitative estimate of drug-likeness (QED) is 0.866. The van der Waals surface area contributed by atoms with E-state index in [1.54, 1.807) is 6.07 Å². The Labute approximate surface area is 114 Å². The molecule has 0 saturated heterocycles. The van der Waals surface area contributed by atoms with Crippen LogP contribution >= 0.6 is 27.5 Å². The molecule has 0 fully saturated rings. The summed E-state index contributed by atoms with van der Waals surface area (Å²) in [5, 5.41) is 11.0. The van der Waals surface area contributed by atoms with Crippen molar-refractivity contribution >= 4 is 27.5 Å². The first-order chi connectivity index (χ1) is 8.08. The predicted octanol–water partition coefficient (Wildman–Crippen LogP) is 4.49. The third kappa shape index (κ3) is 2.89. The molecule has 0 bridgehead atoms. The third-order valence-electron chi connectivity index (χ3n) is 2.71. The number of hydrogen-bond acceptors (Lipinski definition) is 1. The number of aliphatic hydroxyl groups is 1. The monoisotopic (exact) mass is 310 g/mol. The van der Waals surface area contributed by atoms with Gasteiger partial charge >= 0.3 is 0 Å². The molecule has 0 aliphatic heterocycles. The van der Waals surface area contributed by atoms with Crippen molar-refractivity contribution < 1.29 is 5.11 Å². The summed E-state index contributed by atoms with van der Waals surface area (Å²) in [5.74, 6) is 0. The Morgan fingerprint density at radius 2 is 1.76 bits per heavy atom. The summed E-state index contributed by atoms with van der Waals surface area (Å²) in [5.41, 5.74) is 2.75.